The first kappa shape index (κ1) is 11.7. The third-order valence-electron chi connectivity index (χ3n) is 4.12. The summed E-state index contributed by atoms with van der Waals surface area (Å²) in [6.07, 6.45) is 5.16. The van der Waals surface area contributed by atoms with E-state index in [9.17, 15) is 4.79 Å². The van der Waals surface area contributed by atoms with Crippen molar-refractivity contribution >= 4 is 6.09 Å². The second-order valence-electron chi connectivity index (χ2n) is 5.73. The maximum absolute atomic E-state index is 11.5. The summed E-state index contributed by atoms with van der Waals surface area (Å²) in [5.41, 5.74) is 0. The summed E-state index contributed by atoms with van der Waals surface area (Å²) in [5, 5.41) is 2.98. The summed E-state index contributed by atoms with van der Waals surface area (Å²) in [6, 6.07) is 0.265. The van der Waals surface area contributed by atoms with E-state index in [1.165, 1.54) is 25.7 Å². The maximum atomic E-state index is 11.5. The third kappa shape index (κ3) is 2.50. The highest BCUT2D eigenvalue weighted by molar-refractivity contribution is 5.67. The first-order valence-electron chi connectivity index (χ1n) is 6.53. The van der Waals surface area contributed by atoms with E-state index in [0.717, 1.165) is 11.8 Å². The average Bonchev–Trinajstić information content (AvgIpc) is 2.76. The number of hydrogen-bond acceptors (Lipinski definition) is 2. The smallest absolute Gasteiger partial charge is 0.407 e. The van der Waals surface area contributed by atoms with Gasteiger partial charge in [0.1, 0.15) is 0 Å². The topological polar surface area (TPSA) is 38.3 Å². The zero-order chi connectivity index (χ0) is 11.7. The van der Waals surface area contributed by atoms with Crippen LogP contribution in [0.1, 0.15) is 46.5 Å². The molecule has 4 atom stereocenters. The van der Waals surface area contributed by atoms with Crippen molar-refractivity contribution in [3.63, 3.8) is 0 Å². The normalized spacial score (nSPS) is 34.1. The minimum Gasteiger partial charge on any atom is -0.447 e. The molecule has 0 aliphatic heterocycles. The van der Waals surface area contributed by atoms with E-state index < -0.39 is 0 Å². The highest BCUT2D eigenvalue weighted by Crippen LogP contribution is 2.49. The first-order chi connectivity index (χ1) is 7.56. The number of carbonyl (C=O) groups excluding carboxylic acids is 1. The molecule has 1 amide bonds. The number of rotatable bonds is 3. The van der Waals surface area contributed by atoms with E-state index in [4.69, 9.17) is 4.74 Å². The van der Waals surface area contributed by atoms with Crippen LogP contribution in [0.15, 0.2) is 0 Å². The molecule has 0 aromatic rings. The number of hydrogen-bond donors (Lipinski definition) is 1. The number of carbonyl (C=O) groups is 1. The van der Waals surface area contributed by atoms with Gasteiger partial charge in [0.05, 0.1) is 6.10 Å². The SMILES string of the molecule is CC(C)OC(=O)NC(C)C1CC2CCC1C2. The van der Waals surface area contributed by atoms with Crippen LogP contribution in [0.25, 0.3) is 0 Å². The Morgan fingerprint density at radius 3 is 2.50 bits per heavy atom. The second-order valence-corrected chi connectivity index (χ2v) is 5.73. The Kier molecular flexibility index (Phi) is 3.41. The summed E-state index contributed by atoms with van der Waals surface area (Å²) in [4.78, 5) is 11.5. The van der Waals surface area contributed by atoms with Gasteiger partial charge in [-0.05, 0) is 57.8 Å². The average molecular weight is 225 g/mol. The van der Waals surface area contributed by atoms with Gasteiger partial charge in [-0.1, -0.05) is 6.42 Å². The van der Waals surface area contributed by atoms with Gasteiger partial charge in [0.15, 0.2) is 0 Å². The maximum Gasteiger partial charge on any atom is 0.407 e. The lowest BCUT2D eigenvalue weighted by Gasteiger charge is -2.28. The zero-order valence-electron chi connectivity index (χ0n) is 10.5. The Balaban J connectivity index is 1.80. The predicted molar refractivity (Wildman–Crippen MR) is 63.2 cm³/mol. The van der Waals surface area contributed by atoms with Crippen LogP contribution < -0.4 is 5.32 Å². The number of nitrogens with one attached hydrogen (secondary N) is 1. The molecule has 2 bridgehead atoms. The molecule has 2 aliphatic rings. The van der Waals surface area contributed by atoms with Gasteiger partial charge in [-0.15, -0.1) is 0 Å². The van der Waals surface area contributed by atoms with Crippen molar-refractivity contribution in [2.75, 3.05) is 0 Å². The summed E-state index contributed by atoms with van der Waals surface area (Å²) in [5.74, 6) is 2.46. The van der Waals surface area contributed by atoms with Crippen molar-refractivity contribution in [1.82, 2.24) is 5.32 Å². The fourth-order valence-electron chi connectivity index (χ4n) is 3.45. The van der Waals surface area contributed by atoms with Crippen molar-refractivity contribution in [1.29, 1.82) is 0 Å². The monoisotopic (exact) mass is 225 g/mol. The molecule has 0 heterocycles. The second kappa shape index (κ2) is 4.64. The molecule has 0 radical (unpaired) electrons. The van der Waals surface area contributed by atoms with Crippen molar-refractivity contribution in [3.8, 4) is 0 Å². The molecular formula is C13H23NO2. The zero-order valence-corrected chi connectivity index (χ0v) is 10.5. The van der Waals surface area contributed by atoms with Crippen LogP contribution >= 0.6 is 0 Å². The van der Waals surface area contributed by atoms with Gasteiger partial charge < -0.3 is 10.1 Å². The molecule has 16 heavy (non-hydrogen) atoms. The fraction of sp³-hybridized carbons (Fsp3) is 0.923. The molecule has 92 valence electrons. The van der Waals surface area contributed by atoms with Crippen LogP contribution in [0.2, 0.25) is 0 Å². The Morgan fingerprint density at radius 2 is 2.00 bits per heavy atom. The number of ether oxygens (including phenoxy) is 1. The number of fused-ring (bicyclic) bond motifs is 2. The minimum absolute atomic E-state index is 0.0350. The van der Waals surface area contributed by atoms with Crippen LogP contribution in [0, 0.1) is 17.8 Å². The lowest BCUT2D eigenvalue weighted by molar-refractivity contribution is 0.107. The van der Waals surface area contributed by atoms with Crippen molar-refractivity contribution in [2.45, 2.75) is 58.6 Å². The third-order valence-corrected chi connectivity index (χ3v) is 4.12. The van der Waals surface area contributed by atoms with Crippen LogP contribution in [0.3, 0.4) is 0 Å². The van der Waals surface area contributed by atoms with Gasteiger partial charge in [-0.3, -0.25) is 0 Å². The highest BCUT2D eigenvalue weighted by Gasteiger charge is 2.42. The molecule has 3 nitrogen and oxygen atoms in total. The Labute approximate surface area is 97.9 Å². The first-order valence-corrected chi connectivity index (χ1v) is 6.53. The molecule has 2 fully saturated rings. The molecule has 0 saturated heterocycles. The molecule has 2 saturated carbocycles. The van der Waals surface area contributed by atoms with Crippen LogP contribution in [-0.2, 0) is 4.74 Å². The van der Waals surface area contributed by atoms with Crippen LogP contribution in [0.4, 0.5) is 4.79 Å². The standard InChI is InChI=1S/C13H23NO2/c1-8(2)16-13(15)14-9(3)12-7-10-4-5-11(12)6-10/h8-12H,4-7H2,1-3H3,(H,14,15). The molecule has 3 heteroatoms. The molecule has 1 N–H and O–H groups in total. The molecule has 4 unspecified atom stereocenters. The lowest BCUT2D eigenvalue weighted by Crippen LogP contribution is -2.41. The summed E-state index contributed by atoms with van der Waals surface area (Å²) >= 11 is 0. The van der Waals surface area contributed by atoms with E-state index in [1.54, 1.807) is 0 Å². The lowest BCUT2D eigenvalue weighted by atomic mass is 9.84. The fourth-order valence-corrected chi connectivity index (χ4v) is 3.45. The van der Waals surface area contributed by atoms with Crippen molar-refractivity contribution < 1.29 is 9.53 Å². The van der Waals surface area contributed by atoms with E-state index in [1.807, 2.05) is 13.8 Å². The van der Waals surface area contributed by atoms with E-state index in [0.29, 0.717) is 5.92 Å². The van der Waals surface area contributed by atoms with Gasteiger partial charge in [0, 0.05) is 6.04 Å². The summed E-state index contributed by atoms with van der Waals surface area (Å²) in [6.45, 7) is 5.87. The van der Waals surface area contributed by atoms with Gasteiger partial charge in [0.2, 0.25) is 0 Å². The molecule has 2 aliphatic carbocycles. The van der Waals surface area contributed by atoms with Gasteiger partial charge in [-0.2, -0.15) is 0 Å². The van der Waals surface area contributed by atoms with Gasteiger partial charge >= 0.3 is 6.09 Å². The quantitative estimate of drug-likeness (QED) is 0.802. The van der Waals surface area contributed by atoms with Crippen molar-refractivity contribution in [3.05, 3.63) is 0 Å². The molecular weight excluding hydrogens is 202 g/mol. The van der Waals surface area contributed by atoms with E-state index in [2.05, 4.69) is 12.2 Å². The van der Waals surface area contributed by atoms with Crippen molar-refractivity contribution in [2.24, 2.45) is 17.8 Å². The van der Waals surface area contributed by atoms with Crippen LogP contribution in [0.5, 0.6) is 0 Å². The number of alkyl carbamates (subject to hydrolysis) is 1. The van der Waals surface area contributed by atoms with Crippen LogP contribution in [-0.4, -0.2) is 18.2 Å². The van der Waals surface area contributed by atoms with Gasteiger partial charge in [-0.25, -0.2) is 4.79 Å². The Bertz CT molecular complexity index is 265. The summed E-state index contributed by atoms with van der Waals surface area (Å²) in [7, 11) is 0. The largest absolute Gasteiger partial charge is 0.447 e. The van der Waals surface area contributed by atoms with Gasteiger partial charge in [0.25, 0.3) is 0 Å². The van der Waals surface area contributed by atoms with E-state index in [-0.39, 0.29) is 18.2 Å². The molecule has 0 aromatic carbocycles. The Morgan fingerprint density at radius 1 is 1.25 bits per heavy atom. The number of amides is 1. The minimum atomic E-state index is -0.259. The highest BCUT2D eigenvalue weighted by atomic mass is 16.6. The molecule has 2 rings (SSSR count). The predicted octanol–water partition coefficient (Wildman–Crippen LogP) is 2.95. The summed E-state index contributed by atoms with van der Waals surface area (Å²) < 4.78 is 5.11. The molecule has 0 aromatic heterocycles. The molecule has 0 spiro atoms. The van der Waals surface area contributed by atoms with E-state index >= 15 is 0 Å². The Hall–Kier alpha value is -0.730.